The number of hydrogen-bond acceptors (Lipinski definition) is 3. The second kappa shape index (κ2) is 9.02. The second-order valence-corrected chi connectivity index (χ2v) is 9.27. The predicted octanol–water partition coefficient (Wildman–Crippen LogP) is 3.72. The fourth-order valence-corrected chi connectivity index (χ4v) is 5.39. The van der Waals surface area contributed by atoms with Gasteiger partial charge in [-0.15, -0.1) is 0 Å². The molecule has 2 amide bonds. The zero-order chi connectivity index (χ0) is 22.1. The zero-order valence-corrected chi connectivity index (χ0v) is 18.4. The third-order valence-corrected chi connectivity index (χ3v) is 7.13. The minimum atomic E-state index is -0.402. The maximum absolute atomic E-state index is 13.5. The van der Waals surface area contributed by atoms with Gasteiger partial charge in [0.15, 0.2) is 0 Å². The van der Waals surface area contributed by atoms with Gasteiger partial charge in [0.2, 0.25) is 0 Å². The van der Waals surface area contributed by atoms with Crippen LogP contribution in [0.5, 0.6) is 0 Å². The lowest BCUT2D eigenvalue weighted by atomic mass is 9.96. The van der Waals surface area contributed by atoms with Gasteiger partial charge in [-0.3, -0.25) is 9.59 Å². The van der Waals surface area contributed by atoms with E-state index in [1.54, 1.807) is 17.0 Å². The fourth-order valence-electron chi connectivity index (χ4n) is 5.39. The smallest absolute Gasteiger partial charge is 0.254 e. The van der Waals surface area contributed by atoms with E-state index in [-0.39, 0.29) is 11.8 Å². The Labute approximate surface area is 188 Å². The lowest BCUT2D eigenvalue weighted by Crippen LogP contribution is -2.42. The van der Waals surface area contributed by atoms with E-state index in [1.165, 1.54) is 25.0 Å². The number of nitrogens with zero attached hydrogens (tertiary/aromatic N) is 3. The summed E-state index contributed by atoms with van der Waals surface area (Å²) in [6.45, 7) is 5.20. The van der Waals surface area contributed by atoms with Crippen LogP contribution in [0.25, 0.3) is 0 Å². The SMILES string of the molecule is O=C(c1cccc(F)c1)N1CCc2cc(C(=O)N3CCC[C@H]3CN3CCCC3)ccc2C1. The minimum Gasteiger partial charge on any atom is -0.334 e. The highest BCUT2D eigenvalue weighted by molar-refractivity contribution is 5.95. The number of hydrogen-bond donors (Lipinski definition) is 0. The topological polar surface area (TPSA) is 43.9 Å². The monoisotopic (exact) mass is 435 g/mol. The maximum Gasteiger partial charge on any atom is 0.254 e. The Bertz CT molecular complexity index is 1020. The molecule has 0 spiro atoms. The molecule has 3 aliphatic rings. The molecule has 5 rings (SSSR count). The second-order valence-electron chi connectivity index (χ2n) is 9.27. The van der Waals surface area contributed by atoms with Crippen molar-refractivity contribution in [3.63, 3.8) is 0 Å². The van der Waals surface area contributed by atoms with Crippen LogP contribution in [0.15, 0.2) is 42.5 Å². The molecule has 2 aromatic carbocycles. The first-order valence-electron chi connectivity index (χ1n) is 11.8. The molecule has 0 saturated carbocycles. The van der Waals surface area contributed by atoms with Gasteiger partial charge in [0.1, 0.15) is 5.82 Å². The quantitative estimate of drug-likeness (QED) is 0.735. The fraction of sp³-hybridized carbons (Fsp3) is 0.462. The van der Waals surface area contributed by atoms with E-state index < -0.39 is 5.82 Å². The van der Waals surface area contributed by atoms with Crippen molar-refractivity contribution >= 4 is 11.8 Å². The van der Waals surface area contributed by atoms with E-state index in [9.17, 15) is 14.0 Å². The lowest BCUT2D eigenvalue weighted by molar-refractivity contribution is 0.0703. The summed E-state index contributed by atoms with van der Waals surface area (Å²) in [6, 6.07) is 12.1. The van der Waals surface area contributed by atoms with E-state index in [1.807, 2.05) is 18.2 Å². The van der Waals surface area contributed by atoms with Gasteiger partial charge in [-0.2, -0.15) is 0 Å². The summed E-state index contributed by atoms with van der Waals surface area (Å²) in [5.74, 6) is -0.425. The molecule has 3 heterocycles. The Hall–Kier alpha value is -2.73. The molecule has 0 bridgehead atoms. The van der Waals surface area contributed by atoms with Gasteiger partial charge in [0.05, 0.1) is 0 Å². The van der Waals surface area contributed by atoms with Gasteiger partial charge in [-0.05, 0) is 86.7 Å². The molecular weight excluding hydrogens is 405 g/mol. The highest BCUT2D eigenvalue weighted by atomic mass is 19.1. The molecule has 3 aliphatic heterocycles. The van der Waals surface area contributed by atoms with E-state index in [0.717, 1.165) is 55.7 Å². The van der Waals surface area contributed by atoms with Crippen LogP contribution in [0.2, 0.25) is 0 Å². The Morgan fingerprint density at radius 1 is 0.875 bits per heavy atom. The van der Waals surface area contributed by atoms with E-state index in [0.29, 0.717) is 31.1 Å². The van der Waals surface area contributed by atoms with Crippen molar-refractivity contribution in [2.24, 2.45) is 0 Å². The number of likely N-dealkylation sites (tertiary alicyclic amines) is 2. The van der Waals surface area contributed by atoms with Crippen LogP contribution >= 0.6 is 0 Å². The molecule has 2 saturated heterocycles. The van der Waals surface area contributed by atoms with Crippen molar-refractivity contribution in [1.29, 1.82) is 0 Å². The molecule has 32 heavy (non-hydrogen) atoms. The Balaban J connectivity index is 1.27. The molecule has 0 unspecified atom stereocenters. The van der Waals surface area contributed by atoms with Gasteiger partial charge < -0.3 is 14.7 Å². The van der Waals surface area contributed by atoms with Gasteiger partial charge in [-0.25, -0.2) is 4.39 Å². The maximum atomic E-state index is 13.5. The van der Waals surface area contributed by atoms with Crippen molar-refractivity contribution in [3.05, 3.63) is 70.5 Å². The van der Waals surface area contributed by atoms with Crippen molar-refractivity contribution in [3.8, 4) is 0 Å². The predicted molar refractivity (Wildman–Crippen MR) is 121 cm³/mol. The third-order valence-electron chi connectivity index (χ3n) is 7.13. The van der Waals surface area contributed by atoms with Crippen LogP contribution < -0.4 is 0 Å². The van der Waals surface area contributed by atoms with Crippen LogP contribution in [-0.2, 0) is 13.0 Å². The van der Waals surface area contributed by atoms with Crippen LogP contribution in [0, 0.1) is 5.82 Å². The van der Waals surface area contributed by atoms with Crippen LogP contribution in [0.4, 0.5) is 4.39 Å². The Morgan fingerprint density at radius 2 is 1.69 bits per heavy atom. The standard InChI is InChI=1S/C26H30FN3O2/c27-23-6-3-5-20(16-23)25(31)29-14-10-19-15-21(8-9-22(19)17-29)26(32)30-13-4-7-24(30)18-28-11-1-2-12-28/h3,5-6,8-9,15-16,24H,1-2,4,7,10-14,17-18H2/t24-/m0/s1. The average molecular weight is 436 g/mol. The van der Waals surface area contributed by atoms with Crippen molar-refractivity contribution in [1.82, 2.24) is 14.7 Å². The molecule has 2 aromatic rings. The number of carbonyl (C=O) groups is 2. The summed E-state index contributed by atoms with van der Waals surface area (Å²) >= 11 is 0. The first kappa shape index (κ1) is 21.1. The molecule has 0 radical (unpaired) electrons. The molecular formula is C26H30FN3O2. The van der Waals surface area contributed by atoms with Gasteiger partial charge in [0, 0.05) is 43.3 Å². The largest absolute Gasteiger partial charge is 0.334 e. The number of halogens is 1. The summed E-state index contributed by atoms with van der Waals surface area (Å²) in [7, 11) is 0. The first-order chi connectivity index (χ1) is 15.6. The van der Waals surface area contributed by atoms with Crippen LogP contribution in [0.1, 0.15) is 57.5 Å². The highest BCUT2D eigenvalue weighted by Crippen LogP contribution is 2.26. The van der Waals surface area contributed by atoms with Crippen LogP contribution in [-0.4, -0.2) is 65.3 Å². The average Bonchev–Trinajstić information content (AvgIpc) is 3.50. The number of fused-ring (bicyclic) bond motifs is 1. The minimum absolute atomic E-state index is 0.132. The summed E-state index contributed by atoms with van der Waals surface area (Å²) in [4.78, 5) is 32.4. The molecule has 5 nitrogen and oxygen atoms in total. The van der Waals surface area contributed by atoms with Crippen molar-refractivity contribution in [2.45, 2.75) is 44.7 Å². The number of carbonyl (C=O) groups excluding carboxylic acids is 2. The number of amides is 2. The van der Waals surface area contributed by atoms with E-state index in [4.69, 9.17) is 0 Å². The van der Waals surface area contributed by atoms with E-state index >= 15 is 0 Å². The van der Waals surface area contributed by atoms with E-state index in [2.05, 4.69) is 9.80 Å². The lowest BCUT2D eigenvalue weighted by Gasteiger charge is -2.31. The molecule has 0 aromatic heterocycles. The molecule has 1 atom stereocenters. The highest BCUT2D eigenvalue weighted by Gasteiger charge is 2.32. The van der Waals surface area contributed by atoms with Crippen molar-refractivity contribution in [2.75, 3.05) is 32.7 Å². The van der Waals surface area contributed by atoms with Crippen LogP contribution in [0.3, 0.4) is 0 Å². The summed E-state index contributed by atoms with van der Waals surface area (Å²) in [5.41, 5.74) is 3.32. The molecule has 0 aliphatic carbocycles. The molecule has 0 N–H and O–H groups in total. The Morgan fingerprint density at radius 3 is 2.50 bits per heavy atom. The van der Waals surface area contributed by atoms with Gasteiger partial charge in [0.25, 0.3) is 11.8 Å². The number of benzene rings is 2. The summed E-state index contributed by atoms with van der Waals surface area (Å²) in [6.07, 6.45) is 5.40. The Kier molecular flexibility index (Phi) is 5.96. The molecule has 168 valence electrons. The third kappa shape index (κ3) is 4.29. The zero-order valence-electron chi connectivity index (χ0n) is 18.4. The summed E-state index contributed by atoms with van der Waals surface area (Å²) < 4.78 is 13.5. The molecule has 6 heteroatoms. The summed E-state index contributed by atoms with van der Waals surface area (Å²) in [5, 5.41) is 0. The van der Waals surface area contributed by atoms with Gasteiger partial charge in [-0.1, -0.05) is 12.1 Å². The number of rotatable bonds is 4. The van der Waals surface area contributed by atoms with Gasteiger partial charge >= 0.3 is 0 Å². The van der Waals surface area contributed by atoms with Crippen molar-refractivity contribution < 1.29 is 14.0 Å². The first-order valence-corrected chi connectivity index (χ1v) is 11.8. The molecule has 2 fully saturated rings. The normalized spacial score (nSPS) is 21.1.